The number of nitrogens with zero attached hydrogens (tertiary/aromatic N) is 3. The molecule has 0 aliphatic rings. The molecule has 2 aromatic carbocycles. The van der Waals surface area contributed by atoms with Crippen molar-refractivity contribution in [3.8, 4) is 5.75 Å². The molecular weight excluding hydrogens is 407 g/mol. The standard InChI is InChI=1S/C22H21ClN4O.ClH/c23-21-12-11-17(15-25-21)16-27-20-10-5-4-9-19(20)26(22(27)24)13-6-14-28-18-7-2-1-3-8-18;/h1-5,7-12,15,24H,6,13-14,16H2;1H. The molecule has 1 N–H and O–H groups in total. The summed E-state index contributed by atoms with van der Waals surface area (Å²) in [7, 11) is 0. The van der Waals surface area contributed by atoms with Crippen LogP contribution in [0.3, 0.4) is 0 Å². The van der Waals surface area contributed by atoms with E-state index in [4.69, 9.17) is 21.7 Å². The molecule has 0 saturated heterocycles. The van der Waals surface area contributed by atoms with Gasteiger partial charge in [-0.15, -0.1) is 12.4 Å². The second kappa shape index (κ2) is 9.63. The van der Waals surface area contributed by atoms with Gasteiger partial charge in [-0.2, -0.15) is 0 Å². The van der Waals surface area contributed by atoms with Gasteiger partial charge in [-0.05, 0) is 42.3 Å². The summed E-state index contributed by atoms with van der Waals surface area (Å²) in [5.74, 6) is 0.872. The van der Waals surface area contributed by atoms with Crippen molar-refractivity contribution in [2.24, 2.45) is 0 Å². The summed E-state index contributed by atoms with van der Waals surface area (Å²) in [4.78, 5) is 4.15. The van der Waals surface area contributed by atoms with E-state index in [0.29, 0.717) is 23.9 Å². The van der Waals surface area contributed by atoms with Gasteiger partial charge in [0, 0.05) is 12.7 Å². The number of pyridine rings is 1. The Morgan fingerprint density at radius 3 is 2.28 bits per heavy atom. The number of hydrogen-bond acceptors (Lipinski definition) is 3. The van der Waals surface area contributed by atoms with Gasteiger partial charge < -0.3 is 13.9 Å². The molecule has 2 heterocycles. The smallest absolute Gasteiger partial charge is 0.203 e. The topological polar surface area (TPSA) is 55.8 Å². The molecule has 29 heavy (non-hydrogen) atoms. The molecule has 0 unspecified atom stereocenters. The number of halogens is 2. The highest BCUT2D eigenvalue weighted by molar-refractivity contribution is 6.29. The molecular formula is C22H22Cl2N4O. The highest BCUT2D eigenvalue weighted by atomic mass is 35.5. The molecule has 0 saturated carbocycles. The van der Waals surface area contributed by atoms with Gasteiger partial charge in [-0.25, -0.2) is 4.98 Å². The fourth-order valence-electron chi connectivity index (χ4n) is 3.29. The quantitative estimate of drug-likeness (QED) is 0.335. The van der Waals surface area contributed by atoms with Crippen molar-refractivity contribution in [1.82, 2.24) is 14.1 Å². The lowest BCUT2D eigenvalue weighted by molar-refractivity contribution is 0.301. The van der Waals surface area contributed by atoms with Gasteiger partial charge >= 0.3 is 0 Å². The van der Waals surface area contributed by atoms with Crippen molar-refractivity contribution in [2.45, 2.75) is 19.5 Å². The van der Waals surface area contributed by atoms with E-state index in [2.05, 4.69) is 11.1 Å². The molecule has 0 radical (unpaired) electrons. The lowest BCUT2D eigenvalue weighted by atomic mass is 10.2. The summed E-state index contributed by atoms with van der Waals surface area (Å²) in [6.07, 6.45) is 2.58. The molecule has 0 aliphatic heterocycles. The van der Waals surface area contributed by atoms with Crippen LogP contribution < -0.4 is 10.4 Å². The van der Waals surface area contributed by atoms with Crippen LogP contribution in [0.15, 0.2) is 72.9 Å². The summed E-state index contributed by atoms with van der Waals surface area (Å²) in [5, 5.41) is 9.18. The van der Waals surface area contributed by atoms with Crippen LogP contribution in [0.4, 0.5) is 0 Å². The zero-order valence-electron chi connectivity index (χ0n) is 15.8. The zero-order chi connectivity index (χ0) is 19.3. The van der Waals surface area contributed by atoms with Crippen molar-refractivity contribution >= 4 is 35.0 Å². The van der Waals surface area contributed by atoms with E-state index in [1.807, 2.05) is 63.7 Å². The van der Waals surface area contributed by atoms with Gasteiger partial charge in [0.15, 0.2) is 0 Å². The fraction of sp³-hybridized carbons (Fsp3) is 0.182. The third-order valence-corrected chi connectivity index (χ3v) is 4.87. The van der Waals surface area contributed by atoms with Gasteiger partial charge in [0.05, 0.1) is 24.2 Å². The molecule has 5 nitrogen and oxygen atoms in total. The predicted octanol–water partition coefficient (Wildman–Crippen LogP) is 4.91. The molecule has 0 spiro atoms. The van der Waals surface area contributed by atoms with Gasteiger partial charge in [-0.3, -0.25) is 5.41 Å². The van der Waals surface area contributed by atoms with Crippen LogP contribution in [-0.4, -0.2) is 20.7 Å². The number of rotatable bonds is 7. The van der Waals surface area contributed by atoms with Crippen molar-refractivity contribution in [2.75, 3.05) is 6.61 Å². The number of ether oxygens (including phenoxy) is 1. The lowest BCUT2D eigenvalue weighted by Gasteiger charge is -2.07. The molecule has 4 rings (SSSR count). The first kappa shape index (κ1) is 21.0. The predicted molar refractivity (Wildman–Crippen MR) is 118 cm³/mol. The minimum Gasteiger partial charge on any atom is -0.494 e. The van der Waals surface area contributed by atoms with E-state index in [0.717, 1.165) is 35.3 Å². The zero-order valence-corrected chi connectivity index (χ0v) is 17.4. The van der Waals surface area contributed by atoms with E-state index in [1.54, 1.807) is 12.3 Å². The summed E-state index contributed by atoms with van der Waals surface area (Å²) in [6, 6.07) is 21.6. The van der Waals surface area contributed by atoms with Crippen molar-refractivity contribution in [3.63, 3.8) is 0 Å². The van der Waals surface area contributed by atoms with Gasteiger partial charge in [0.2, 0.25) is 5.62 Å². The molecule has 0 atom stereocenters. The molecule has 0 aliphatic carbocycles. The Morgan fingerprint density at radius 2 is 1.59 bits per heavy atom. The second-order valence-corrected chi connectivity index (χ2v) is 6.94. The van der Waals surface area contributed by atoms with Crippen LogP contribution in [0.1, 0.15) is 12.0 Å². The first-order valence-corrected chi connectivity index (χ1v) is 9.61. The van der Waals surface area contributed by atoms with Gasteiger partial charge in [-0.1, -0.05) is 48.0 Å². The van der Waals surface area contributed by atoms with Crippen LogP contribution in [-0.2, 0) is 13.1 Å². The summed E-state index contributed by atoms with van der Waals surface area (Å²) >= 11 is 5.89. The fourth-order valence-corrected chi connectivity index (χ4v) is 3.40. The third kappa shape index (κ3) is 4.81. The highest BCUT2D eigenvalue weighted by Gasteiger charge is 2.11. The molecule has 2 aromatic heterocycles. The highest BCUT2D eigenvalue weighted by Crippen LogP contribution is 2.16. The van der Waals surface area contributed by atoms with Crippen molar-refractivity contribution in [3.05, 3.63) is 89.3 Å². The second-order valence-electron chi connectivity index (χ2n) is 6.55. The Balaban J connectivity index is 0.00000240. The number of aromatic nitrogens is 3. The number of fused-ring (bicyclic) bond motifs is 1. The normalized spacial score (nSPS) is 10.7. The number of imidazole rings is 1. The summed E-state index contributed by atoms with van der Waals surface area (Å²) in [5.41, 5.74) is 3.56. The Morgan fingerprint density at radius 1 is 0.897 bits per heavy atom. The van der Waals surface area contributed by atoms with E-state index >= 15 is 0 Å². The van der Waals surface area contributed by atoms with Crippen LogP contribution >= 0.6 is 24.0 Å². The molecule has 0 fully saturated rings. The minimum absolute atomic E-state index is 0. The van der Waals surface area contributed by atoms with E-state index < -0.39 is 0 Å². The lowest BCUT2D eigenvalue weighted by Crippen LogP contribution is -2.25. The number of para-hydroxylation sites is 3. The molecule has 0 amide bonds. The first-order valence-electron chi connectivity index (χ1n) is 9.23. The number of hydrogen-bond donors (Lipinski definition) is 1. The van der Waals surface area contributed by atoms with Gasteiger partial charge in [0.1, 0.15) is 10.9 Å². The van der Waals surface area contributed by atoms with E-state index in [1.165, 1.54) is 0 Å². The van der Waals surface area contributed by atoms with Crippen LogP contribution in [0, 0.1) is 5.41 Å². The maximum absolute atomic E-state index is 8.70. The Hall–Kier alpha value is -2.76. The molecule has 0 bridgehead atoms. The van der Waals surface area contributed by atoms with Crippen molar-refractivity contribution < 1.29 is 4.74 Å². The maximum Gasteiger partial charge on any atom is 0.203 e. The maximum atomic E-state index is 8.70. The molecule has 150 valence electrons. The van der Waals surface area contributed by atoms with E-state index in [-0.39, 0.29) is 12.4 Å². The SMILES string of the molecule is Cl.N=c1n(CCCOc2ccccc2)c2ccccc2n1Cc1ccc(Cl)nc1. The number of nitrogens with one attached hydrogen (secondary N) is 1. The Labute approximate surface area is 180 Å². The van der Waals surface area contributed by atoms with Crippen LogP contribution in [0.2, 0.25) is 5.15 Å². The van der Waals surface area contributed by atoms with Crippen molar-refractivity contribution in [1.29, 1.82) is 5.41 Å². The monoisotopic (exact) mass is 428 g/mol. The summed E-state index contributed by atoms with van der Waals surface area (Å²) < 4.78 is 9.82. The summed E-state index contributed by atoms with van der Waals surface area (Å²) in [6.45, 7) is 1.91. The first-order chi connectivity index (χ1) is 13.7. The minimum atomic E-state index is 0. The third-order valence-electron chi connectivity index (χ3n) is 4.64. The van der Waals surface area contributed by atoms with Crippen LogP contribution in [0.25, 0.3) is 11.0 Å². The average molecular weight is 429 g/mol. The average Bonchev–Trinajstić information content (AvgIpc) is 2.99. The Kier molecular flexibility index (Phi) is 6.96. The van der Waals surface area contributed by atoms with E-state index in [9.17, 15) is 0 Å². The van der Waals surface area contributed by atoms with Gasteiger partial charge in [0.25, 0.3) is 0 Å². The van der Waals surface area contributed by atoms with Crippen LogP contribution in [0.5, 0.6) is 5.75 Å². The largest absolute Gasteiger partial charge is 0.494 e. The number of aryl methyl sites for hydroxylation is 1. The molecule has 7 heteroatoms. The molecule has 4 aromatic rings. The Bertz CT molecular complexity index is 1120. The number of benzene rings is 2.